The van der Waals surface area contributed by atoms with Gasteiger partial charge in [0, 0.05) is 50.1 Å². The van der Waals surface area contributed by atoms with Crippen molar-refractivity contribution < 1.29 is 28.2 Å². The van der Waals surface area contributed by atoms with Gasteiger partial charge in [-0.1, -0.05) is 20.8 Å². The molecule has 1 aromatic carbocycles. The second kappa shape index (κ2) is 11.4. The molecule has 0 amide bonds. The number of nitrogens with one attached hydrogen (secondary N) is 1. The van der Waals surface area contributed by atoms with Gasteiger partial charge in [-0.2, -0.15) is 0 Å². The molecule has 8 nitrogen and oxygen atoms in total. The fraction of sp³-hybridized carbons (Fsp3) is 0.400. The van der Waals surface area contributed by atoms with Crippen LogP contribution in [0, 0.1) is 23.4 Å². The molecule has 3 N–H and O–H groups in total. The Hall–Kier alpha value is -3.60. The van der Waals surface area contributed by atoms with Crippen molar-refractivity contribution in [3.8, 4) is 0 Å². The average Bonchev–Trinajstić information content (AvgIpc) is 2.73. The predicted molar refractivity (Wildman–Crippen MR) is 131 cm³/mol. The number of aromatic carboxylic acids is 1. The first-order chi connectivity index (χ1) is 17.0. The molecular formula is C25H29F3N4O4. The third-order valence-electron chi connectivity index (χ3n) is 5.32. The van der Waals surface area contributed by atoms with E-state index >= 15 is 0 Å². The maximum atomic E-state index is 14.1. The lowest BCUT2D eigenvalue weighted by atomic mass is 10.1. The molecule has 0 unspecified atom stereocenters. The van der Waals surface area contributed by atoms with Gasteiger partial charge in [-0.15, -0.1) is 0 Å². The van der Waals surface area contributed by atoms with Crippen molar-refractivity contribution in [3.05, 3.63) is 63.2 Å². The highest BCUT2D eigenvalue weighted by Gasteiger charge is 2.24. The van der Waals surface area contributed by atoms with Crippen molar-refractivity contribution in [1.29, 1.82) is 0 Å². The number of fused-ring (bicyclic) bond motifs is 1. The van der Waals surface area contributed by atoms with Crippen molar-refractivity contribution in [1.82, 2.24) is 9.55 Å². The molecule has 3 heterocycles. The van der Waals surface area contributed by atoms with Crippen LogP contribution in [0.4, 0.5) is 24.7 Å². The lowest BCUT2D eigenvalue weighted by molar-refractivity contribution is 0.0694. The molecule has 0 atom stereocenters. The minimum atomic E-state index is -1.43. The van der Waals surface area contributed by atoms with Gasteiger partial charge in [-0.05, 0) is 18.4 Å². The van der Waals surface area contributed by atoms with E-state index in [0.29, 0.717) is 31.0 Å². The van der Waals surface area contributed by atoms with E-state index in [9.17, 15) is 33.0 Å². The predicted octanol–water partition coefficient (Wildman–Crippen LogP) is 3.99. The van der Waals surface area contributed by atoms with E-state index in [1.54, 1.807) is 0 Å². The number of aliphatic hydroxyl groups is 1. The van der Waals surface area contributed by atoms with Crippen LogP contribution in [0.15, 0.2) is 29.2 Å². The number of hydrogen-bond acceptors (Lipinski definition) is 6. The number of rotatable bonds is 7. The van der Waals surface area contributed by atoms with Crippen molar-refractivity contribution in [3.63, 3.8) is 0 Å². The van der Waals surface area contributed by atoms with Gasteiger partial charge >= 0.3 is 5.97 Å². The van der Waals surface area contributed by atoms with Crippen LogP contribution < -0.4 is 15.6 Å². The molecule has 0 saturated carbocycles. The van der Waals surface area contributed by atoms with Crippen LogP contribution in [-0.2, 0) is 13.1 Å². The molecule has 2 aromatic heterocycles. The molecule has 3 aromatic rings. The Kier molecular flexibility index (Phi) is 8.57. The Morgan fingerprint density at radius 1 is 1.14 bits per heavy atom. The van der Waals surface area contributed by atoms with Crippen LogP contribution in [0.2, 0.25) is 0 Å². The van der Waals surface area contributed by atoms with Gasteiger partial charge in [-0.25, -0.2) is 22.9 Å². The highest BCUT2D eigenvalue weighted by Crippen LogP contribution is 2.31. The van der Waals surface area contributed by atoms with E-state index in [1.165, 1.54) is 10.6 Å². The van der Waals surface area contributed by atoms with Gasteiger partial charge < -0.3 is 25.0 Å². The fourth-order valence-corrected chi connectivity index (χ4v) is 3.56. The quantitative estimate of drug-likeness (QED) is 0.445. The van der Waals surface area contributed by atoms with Gasteiger partial charge in [0.1, 0.15) is 28.7 Å². The number of anilines is 2. The molecule has 0 aliphatic carbocycles. The minimum Gasteiger partial charge on any atom is -0.477 e. The topological polar surface area (TPSA) is 108 Å². The summed E-state index contributed by atoms with van der Waals surface area (Å²) in [5, 5.41) is 21.6. The van der Waals surface area contributed by atoms with Crippen molar-refractivity contribution in [2.45, 2.75) is 40.3 Å². The van der Waals surface area contributed by atoms with Crippen LogP contribution in [0.1, 0.15) is 43.1 Å². The van der Waals surface area contributed by atoms with Crippen LogP contribution in [0.5, 0.6) is 0 Å². The molecule has 1 aliphatic rings. The molecule has 194 valence electrons. The van der Waals surface area contributed by atoms with Crippen LogP contribution in [0.3, 0.4) is 0 Å². The second-order valence-corrected chi connectivity index (χ2v) is 9.10. The largest absolute Gasteiger partial charge is 0.477 e. The zero-order valence-electron chi connectivity index (χ0n) is 20.3. The second-order valence-electron chi connectivity index (χ2n) is 9.10. The van der Waals surface area contributed by atoms with E-state index < -0.39 is 40.0 Å². The standard InChI is InChI=1S/C21H19F3N4O4.C4H10/c22-11-6-15(23)13(16(24)7-11)9-25-17-8-12-18(30)14(21(31)32)10-28(4-5-29)19(12)26-20(17)27-2-1-3-27;1-4(2)3/h6-8,10,25,29H,1-5,9H2,(H,31,32);4H,1-3H3. The van der Waals surface area contributed by atoms with Crippen LogP contribution >= 0.6 is 0 Å². The fourth-order valence-electron chi connectivity index (χ4n) is 3.56. The molecule has 0 bridgehead atoms. The third kappa shape index (κ3) is 5.96. The first-order valence-electron chi connectivity index (χ1n) is 11.6. The molecule has 0 radical (unpaired) electrons. The van der Waals surface area contributed by atoms with Gasteiger partial charge in [0.05, 0.1) is 17.7 Å². The number of carbonyl (C=O) groups is 1. The molecule has 1 aliphatic heterocycles. The zero-order chi connectivity index (χ0) is 26.6. The Labute approximate surface area is 206 Å². The number of aromatic nitrogens is 2. The summed E-state index contributed by atoms with van der Waals surface area (Å²) in [6, 6.07) is 2.53. The lowest BCUT2D eigenvalue weighted by Gasteiger charge is -2.34. The van der Waals surface area contributed by atoms with Gasteiger partial charge in [-0.3, -0.25) is 4.79 Å². The number of carboxylic acids is 1. The van der Waals surface area contributed by atoms with E-state index in [0.717, 1.165) is 18.5 Å². The van der Waals surface area contributed by atoms with Gasteiger partial charge in [0.25, 0.3) is 0 Å². The first kappa shape index (κ1) is 27.0. The SMILES string of the molecule is CC(C)C.O=C(O)c1cn(CCO)c2nc(N3CCC3)c(NCc3c(F)cc(F)cc3F)cc2c1=O. The van der Waals surface area contributed by atoms with Crippen molar-refractivity contribution >= 4 is 28.5 Å². The normalized spacial score (nSPS) is 12.8. The molecule has 36 heavy (non-hydrogen) atoms. The van der Waals surface area contributed by atoms with Gasteiger partial charge in [0.2, 0.25) is 5.43 Å². The summed E-state index contributed by atoms with van der Waals surface area (Å²) in [5.41, 5.74) is -1.20. The summed E-state index contributed by atoms with van der Waals surface area (Å²) in [4.78, 5) is 30.7. The average molecular weight is 507 g/mol. The zero-order valence-corrected chi connectivity index (χ0v) is 20.3. The maximum Gasteiger partial charge on any atom is 0.341 e. The molecular weight excluding hydrogens is 477 g/mol. The van der Waals surface area contributed by atoms with Crippen LogP contribution in [-0.4, -0.2) is 45.4 Å². The Balaban J connectivity index is 0.000000840. The highest BCUT2D eigenvalue weighted by molar-refractivity contribution is 5.93. The number of benzene rings is 1. The van der Waals surface area contributed by atoms with E-state index in [4.69, 9.17) is 0 Å². The number of pyridine rings is 2. The Morgan fingerprint density at radius 3 is 2.25 bits per heavy atom. The molecule has 4 rings (SSSR count). The number of aliphatic hydroxyl groups excluding tert-OH is 1. The van der Waals surface area contributed by atoms with Crippen molar-refractivity contribution in [2.24, 2.45) is 5.92 Å². The summed E-state index contributed by atoms with van der Waals surface area (Å²) >= 11 is 0. The summed E-state index contributed by atoms with van der Waals surface area (Å²) in [6.45, 7) is 7.20. The smallest absolute Gasteiger partial charge is 0.341 e. The Bertz CT molecular complexity index is 1300. The summed E-state index contributed by atoms with van der Waals surface area (Å²) in [5.74, 6) is -3.34. The van der Waals surface area contributed by atoms with Gasteiger partial charge in [0.15, 0.2) is 5.82 Å². The van der Waals surface area contributed by atoms with Crippen molar-refractivity contribution in [2.75, 3.05) is 29.9 Å². The van der Waals surface area contributed by atoms with E-state index in [2.05, 4.69) is 31.1 Å². The van der Waals surface area contributed by atoms with E-state index in [-0.39, 0.29) is 36.4 Å². The third-order valence-corrected chi connectivity index (χ3v) is 5.32. The number of nitrogens with zero attached hydrogens (tertiary/aromatic N) is 3. The monoisotopic (exact) mass is 506 g/mol. The number of carboxylic acid groups (broad SMARTS) is 1. The Morgan fingerprint density at radius 2 is 1.75 bits per heavy atom. The summed E-state index contributed by atoms with van der Waals surface area (Å²) < 4.78 is 42.7. The summed E-state index contributed by atoms with van der Waals surface area (Å²) in [6.07, 6.45) is 2.04. The molecule has 0 spiro atoms. The number of halogens is 3. The molecule has 1 fully saturated rings. The highest BCUT2D eigenvalue weighted by atomic mass is 19.1. The minimum absolute atomic E-state index is 0.0161. The lowest BCUT2D eigenvalue weighted by Crippen LogP contribution is -2.38. The maximum absolute atomic E-state index is 14.1. The molecule has 11 heteroatoms. The number of hydrogen-bond donors (Lipinski definition) is 3. The van der Waals surface area contributed by atoms with Crippen LogP contribution in [0.25, 0.3) is 11.0 Å². The van der Waals surface area contributed by atoms with E-state index in [1.807, 2.05) is 4.90 Å². The molecule has 1 saturated heterocycles. The summed E-state index contributed by atoms with van der Waals surface area (Å²) in [7, 11) is 0. The first-order valence-corrected chi connectivity index (χ1v) is 11.6.